The first kappa shape index (κ1) is 26.8. The highest BCUT2D eigenvalue weighted by molar-refractivity contribution is 8.02. The van der Waals surface area contributed by atoms with Crippen LogP contribution in [0.4, 0.5) is 0 Å². The van der Waals surface area contributed by atoms with Gasteiger partial charge in [-0.25, -0.2) is 0 Å². The number of ether oxygens (including phenoxy) is 1. The van der Waals surface area contributed by atoms with Crippen LogP contribution in [0.15, 0.2) is 25.3 Å². The van der Waals surface area contributed by atoms with Gasteiger partial charge in [-0.15, -0.1) is 24.9 Å². The number of esters is 1. The molecule has 0 aromatic heterocycles. The summed E-state index contributed by atoms with van der Waals surface area (Å²) in [6.45, 7) is 14.4. The van der Waals surface area contributed by atoms with Crippen LogP contribution in [0.25, 0.3) is 0 Å². The fourth-order valence-corrected chi connectivity index (χ4v) is 8.39. The third kappa shape index (κ3) is 4.43. The molecule has 2 unspecified atom stereocenters. The molecular weight excluding hydrogens is 452 g/mol. The van der Waals surface area contributed by atoms with Crippen LogP contribution in [-0.2, 0) is 19.1 Å². The van der Waals surface area contributed by atoms with E-state index in [1.54, 1.807) is 40.6 Å². The Morgan fingerprint density at radius 3 is 2.68 bits per heavy atom. The molecule has 0 aliphatic carbocycles. The smallest absolute Gasteiger partial charge is 0.311 e. The average molecular weight is 493 g/mol. The summed E-state index contributed by atoms with van der Waals surface area (Å²) in [7, 11) is 0. The van der Waals surface area contributed by atoms with Crippen molar-refractivity contribution in [3.63, 3.8) is 0 Å². The average Bonchev–Trinajstić information content (AvgIpc) is 3.38. The summed E-state index contributed by atoms with van der Waals surface area (Å²) >= 11 is 1.62. The first-order valence-electron chi connectivity index (χ1n) is 12.5. The molecule has 3 aliphatic rings. The van der Waals surface area contributed by atoms with Crippen molar-refractivity contribution >= 4 is 29.5 Å². The number of aliphatic hydroxyl groups is 1. The summed E-state index contributed by atoms with van der Waals surface area (Å²) in [5, 5.41) is 9.98. The number of hydrogen-bond donors (Lipinski definition) is 1. The largest absolute Gasteiger partial charge is 0.465 e. The van der Waals surface area contributed by atoms with Crippen molar-refractivity contribution in [2.24, 2.45) is 11.8 Å². The minimum Gasteiger partial charge on any atom is -0.465 e. The summed E-state index contributed by atoms with van der Waals surface area (Å²) in [6.07, 6.45) is 8.33. The van der Waals surface area contributed by atoms with Gasteiger partial charge in [0.25, 0.3) is 0 Å². The number of amides is 2. The van der Waals surface area contributed by atoms with Gasteiger partial charge in [0.2, 0.25) is 11.8 Å². The molecule has 0 aromatic carbocycles. The van der Waals surface area contributed by atoms with Crippen molar-refractivity contribution in [3.8, 4) is 0 Å². The van der Waals surface area contributed by atoms with Gasteiger partial charge in [-0.1, -0.05) is 31.9 Å². The van der Waals surface area contributed by atoms with E-state index in [-0.39, 0.29) is 31.0 Å². The summed E-state index contributed by atoms with van der Waals surface area (Å²) < 4.78 is 4.40. The molecule has 0 saturated carbocycles. The van der Waals surface area contributed by atoms with Crippen molar-refractivity contribution in [2.75, 3.05) is 26.3 Å². The quantitative estimate of drug-likeness (QED) is 0.241. The van der Waals surface area contributed by atoms with Gasteiger partial charge in [-0.05, 0) is 39.5 Å². The third-order valence-corrected chi connectivity index (χ3v) is 9.69. The molecule has 1 spiro atoms. The maximum Gasteiger partial charge on any atom is 0.311 e. The standard InChI is InChI=1S/C26H40N2O5S/c1-6-9-11-15-27(14-8-3)23(31)21-26-13-12-25(5,34-26)20(24(32)33-16-10-7-2)19(26)22(30)28(21)18(4)17-29/h7-8,18-21,29H,2-3,6,9-17H2,1,4-5H3/t18-,19+,20-,21?,25+,26?/m1/s1. The third-order valence-electron chi connectivity index (χ3n) is 7.70. The van der Waals surface area contributed by atoms with Crippen molar-refractivity contribution in [2.45, 2.75) is 80.9 Å². The summed E-state index contributed by atoms with van der Waals surface area (Å²) in [5.74, 6) is -1.93. The van der Waals surface area contributed by atoms with Crippen molar-refractivity contribution in [1.82, 2.24) is 9.80 Å². The molecular formula is C26H40N2O5S. The monoisotopic (exact) mass is 492 g/mol. The fraction of sp³-hybridized carbons (Fsp3) is 0.731. The van der Waals surface area contributed by atoms with E-state index in [4.69, 9.17) is 4.74 Å². The highest BCUT2D eigenvalue weighted by atomic mass is 32.2. The van der Waals surface area contributed by atoms with Gasteiger partial charge >= 0.3 is 5.97 Å². The Kier molecular flexibility index (Phi) is 8.56. The number of aliphatic hydroxyl groups excluding tert-OH is 1. The van der Waals surface area contributed by atoms with Crippen LogP contribution >= 0.6 is 11.8 Å². The van der Waals surface area contributed by atoms with Gasteiger partial charge < -0.3 is 19.6 Å². The second-order valence-electron chi connectivity index (χ2n) is 10.0. The molecule has 2 bridgehead atoms. The number of rotatable bonds is 13. The Hall–Kier alpha value is -1.80. The Labute approximate surface area is 208 Å². The maximum absolute atomic E-state index is 14.1. The number of carbonyl (C=O) groups excluding carboxylic acids is 3. The van der Waals surface area contributed by atoms with Crippen LogP contribution in [0.5, 0.6) is 0 Å². The lowest BCUT2D eigenvalue weighted by Crippen LogP contribution is -2.57. The van der Waals surface area contributed by atoms with E-state index in [2.05, 4.69) is 20.1 Å². The van der Waals surface area contributed by atoms with Gasteiger partial charge in [0.05, 0.1) is 35.8 Å². The molecule has 2 amide bonds. The molecule has 190 valence electrons. The van der Waals surface area contributed by atoms with E-state index < -0.39 is 33.4 Å². The normalized spacial score (nSPS) is 32.4. The predicted octanol–water partition coefficient (Wildman–Crippen LogP) is 3.17. The Bertz CT molecular complexity index is 819. The van der Waals surface area contributed by atoms with E-state index in [9.17, 15) is 19.5 Å². The molecule has 34 heavy (non-hydrogen) atoms. The minimum atomic E-state index is -0.716. The van der Waals surface area contributed by atoms with Crippen LogP contribution in [0, 0.1) is 11.8 Å². The summed E-state index contributed by atoms with van der Waals surface area (Å²) in [5.41, 5.74) is 0. The minimum absolute atomic E-state index is 0.107. The molecule has 3 heterocycles. The van der Waals surface area contributed by atoms with Crippen LogP contribution < -0.4 is 0 Å². The molecule has 8 heteroatoms. The lowest BCUT2D eigenvalue weighted by Gasteiger charge is -2.38. The molecule has 1 N–H and O–H groups in total. The first-order chi connectivity index (χ1) is 16.2. The summed E-state index contributed by atoms with van der Waals surface area (Å²) in [6, 6.07) is -1.24. The number of carbonyl (C=O) groups is 3. The maximum atomic E-state index is 14.1. The number of unbranched alkanes of at least 4 members (excludes halogenated alkanes) is 2. The second-order valence-corrected chi connectivity index (χ2v) is 11.9. The molecule has 7 nitrogen and oxygen atoms in total. The SMILES string of the molecule is C=CCCOC(=O)[C@H]1[C@H]2C(=O)N([C@H](C)CO)C(C(=O)N(CC=C)CCCCC)C23CC[C@]1(C)S3. The Balaban J connectivity index is 2.00. The van der Waals surface area contributed by atoms with Gasteiger partial charge in [0, 0.05) is 17.8 Å². The van der Waals surface area contributed by atoms with Gasteiger partial charge in [-0.3, -0.25) is 14.4 Å². The van der Waals surface area contributed by atoms with Gasteiger partial charge in [0.1, 0.15) is 6.04 Å². The van der Waals surface area contributed by atoms with Gasteiger partial charge in [-0.2, -0.15) is 0 Å². The van der Waals surface area contributed by atoms with Crippen molar-refractivity contribution < 1.29 is 24.2 Å². The van der Waals surface area contributed by atoms with E-state index >= 15 is 0 Å². The number of nitrogens with zero attached hydrogens (tertiary/aromatic N) is 2. The second kappa shape index (κ2) is 10.9. The van der Waals surface area contributed by atoms with E-state index in [1.807, 2.05) is 6.92 Å². The fourth-order valence-electron chi connectivity index (χ4n) is 6.07. The summed E-state index contributed by atoms with van der Waals surface area (Å²) in [4.78, 5) is 44.6. The van der Waals surface area contributed by atoms with Crippen LogP contribution in [0.1, 0.15) is 59.3 Å². The Morgan fingerprint density at radius 2 is 2.06 bits per heavy atom. The van der Waals surface area contributed by atoms with Crippen LogP contribution in [0.2, 0.25) is 0 Å². The number of hydrogen-bond acceptors (Lipinski definition) is 6. The highest BCUT2D eigenvalue weighted by Crippen LogP contribution is 2.71. The molecule has 6 atom stereocenters. The van der Waals surface area contributed by atoms with Crippen molar-refractivity contribution in [1.29, 1.82) is 0 Å². The lowest BCUT2D eigenvalue weighted by molar-refractivity contribution is -0.156. The zero-order valence-corrected chi connectivity index (χ0v) is 21.6. The molecule has 0 aromatic rings. The number of fused-ring (bicyclic) bond motifs is 1. The van der Waals surface area contributed by atoms with E-state index in [0.717, 1.165) is 25.7 Å². The zero-order valence-electron chi connectivity index (χ0n) is 20.8. The number of likely N-dealkylation sites (tertiary alicyclic amines) is 1. The number of thioether (sulfide) groups is 1. The van der Waals surface area contributed by atoms with E-state index in [0.29, 0.717) is 25.9 Å². The molecule has 3 fully saturated rings. The molecule has 0 radical (unpaired) electrons. The molecule has 3 saturated heterocycles. The van der Waals surface area contributed by atoms with E-state index in [1.165, 1.54) is 0 Å². The Morgan fingerprint density at radius 1 is 1.32 bits per heavy atom. The molecule has 3 rings (SSSR count). The van der Waals surface area contributed by atoms with Crippen LogP contribution in [-0.4, -0.2) is 80.6 Å². The van der Waals surface area contributed by atoms with Gasteiger partial charge in [0.15, 0.2) is 0 Å². The van der Waals surface area contributed by atoms with Crippen molar-refractivity contribution in [3.05, 3.63) is 25.3 Å². The highest BCUT2D eigenvalue weighted by Gasteiger charge is 2.78. The zero-order chi connectivity index (χ0) is 25.1. The topological polar surface area (TPSA) is 87.1 Å². The first-order valence-corrected chi connectivity index (χ1v) is 13.3. The van der Waals surface area contributed by atoms with Crippen LogP contribution in [0.3, 0.4) is 0 Å². The predicted molar refractivity (Wildman–Crippen MR) is 134 cm³/mol. The molecule has 3 aliphatic heterocycles. The lowest BCUT2D eigenvalue weighted by atomic mass is 9.66.